The van der Waals surface area contributed by atoms with Crippen LogP contribution < -0.4 is 14.8 Å². The molecule has 3 rings (SSSR count). The molecule has 2 aliphatic rings. The molecular formula is C20H24N2O7. The van der Waals surface area contributed by atoms with Crippen molar-refractivity contribution < 1.29 is 33.4 Å². The van der Waals surface area contributed by atoms with Gasteiger partial charge in [-0.2, -0.15) is 0 Å². The van der Waals surface area contributed by atoms with Gasteiger partial charge in [0.2, 0.25) is 0 Å². The normalized spacial score (nSPS) is 20.4. The highest BCUT2D eigenvalue weighted by Gasteiger charge is 2.47. The largest absolute Gasteiger partial charge is 0.486 e. The minimum atomic E-state index is -1.02. The summed E-state index contributed by atoms with van der Waals surface area (Å²) in [6.07, 6.45) is 2.13. The second-order valence-corrected chi connectivity index (χ2v) is 7.20. The zero-order valence-corrected chi connectivity index (χ0v) is 16.5. The van der Waals surface area contributed by atoms with Gasteiger partial charge in [-0.15, -0.1) is 0 Å². The first kappa shape index (κ1) is 20.6. The molecule has 1 N–H and O–H groups in total. The van der Waals surface area contributed by atoms with Crippen LogP contribution >= 0.6 is 0 Å². The van der Waals surface area contributed by atoms with Crippen LogP contribution in [0.15, 0.2) is 18.2 Å². The van der Waals surface area contributed by atoms with E-state index in [9.17, 15) is 19.2 Å². The molecule has 1 atom stereocenters. The predicted octanol–water partition coefficient (Wildman–Crippen LogP) is 1.68. The summed E-state index contributed by atoms with van der Waals surface area (Å²) in [5.41, 5.74) is -0.710. The summed E-state index contributed by atoms with van der Waals surface area (Å²) in [4.78, 5) is 49.8. The van der Waals surface area contributed by atoms with Crippen molar-refractivity contribution in [2.75, 3.05) is 26.4 Å². The monoisotopic (exact) mass is 404 g/mol. The van der Waals surface area contributed by atoms with E-state index >= 15 is 0 Å². The van der Waals surface area contributed by atoms with Gasteiger partial charge in [0.15, 0.2) is 23.9 Å². The Balaban J connectivity index is 1.54. The van der Waals surface area contributed by atoms with Crippen molar-refractivity contribution in [2.45, 2.75) is 38.6 Å². The van der Waals surface area contributed by atoms with Crippen LogP contribution in [-0.2, 0) is 14.3 Å². The molecule has 0 saturated carbocycles. The average Bonchev–Trinajstić information content (AvgIpc) is 2.93. The number of hydrogen-bond acceptors (Lipinski definition) is 7. The van der Waals surface area contributed by atoms with E-state index in [1.165, 1.54) is 6.07 Å². The van der Waals surface area contributed by atoms with Gasteiger partial charge in [0.1, 0.15) is 25.3 Å². The summed E-state index contributed by atoms with van der Waals surface area (Å²) in [5.74, 6) is -0.723. The summed E-state index contributed by atoms with van der Waals surface area (Å²) in [7, 11) is 0. The Kier molecular flexibility index (Phi) is 6.05. The van der Waals surface area contributed by atoms with Crippen molar-refractivity contribution in [3.8, 4) is 11.5 Å². The molecule has 1 aromatic carbocycles. The molecule has 0 spiro atoms. The van der Waals surface area contributed by atoms with E-state index in [2.05, 4.69) is 5.32 Å². The lowest BCUT2D eigenvalue weighted by atomic mass is 9.95. The fourth-order valence-corrected chi connectivity index (χ4v) is 3.21. The lowest BCUT2D eigenvalue weighted by Crippen LogP contribution is -2.44. The lowest BCUT2D eigenvalue weighted by molar-refractivity contribution is -0.146. The van der Waals surface area contributed by atoms with Crippen molar-refractivity contribution in [3.63, 3.8) is 0 Å². The van der Waals surface area contributed by atoms with Gasteiger partial charge in [-0.05, 0) is 31.5 Å². The molecule has 0 unspecified atom stereocenters. The first-order valence-electron chi connectivity index (χ1n) is 9.56. The van der Waals surface area contributed by atoms with E-state index in [0.29, 0.717) is 36.7 Å². The smallest absolute Gasteiger partial charge is 0.326 e. The van der Waals surface area contributed by atoms with Gasteiger partial charge >= 0.3 is 12.0 Å². The number of rotatable bonds is 8. The predicted molar refractivity (Wildman–Crippen MR) is 101 cm³/mol. The maximum Gasteiger partial charge on any atom is 0.326 e. The molecule has 2 aliphatic heterocycles. The third-order valence-corrected chi connectivity index (χ3v) is 4.89. The van der Waals surface area contributed by atoms with E-state index in [1.54, 1.807) is 19.1 Å². The zero-order valence-electron chi connectivity index (χ0n) is 16.5. The van der Waals surface area contributed by atoms with Crippen molar-refractivity contribution in [1.82, 2.24) is 10.2 Å². The zero-order chi connectivity index (χ0) is 21.0. The molecule has 9 heteroatoms. The van der Waals surface area contributed by atoms with Crippen molar-refractivity contribution in [2.24, 2.45) is 0 Å². The SMILES string of the molecule is CCCC[C@@]1(C)NC(=O)N(CC(=O)OCC(=O)c2ccc3c(c2)OCCO3)C1=O. The number of hydrogen-bond donors (Lipinski definition) is 1. The van der Waals surface area contributed by atoms with Crippen LogP contribution in [0.3, 0.4) is 0 Å². The topological polar surface area (TPSA) is 111 Å². The molecule has 2 heterocycles. The number of esters is 1. The molecule has 3 amide bonds. The minimum Gasteiger partial charge on any atom is -0.486 e. The maximum absolute atomic E-state index is 12.5. The Morgan fingerprint density at radius 2 is 1.93 bits per heavy atom. The van der Waals surface area contributed by atoms with Gasteiger partial charge in [-0.25, -0.2) is 4.79 Å². The third-order valence-electron chi connectivity index (χ3n) is 4.89. The number of ether oxygens (including phenoxy) is 3. The van der Waals surface area contributed by atoms with Crippen LogP contribution in [0, 0.1) is 0 Å². The average molecular weight is 404 g/mol. The second-order valence-electron chi connectivity index (χ2n) is 7.20. The van der Waals surface area contributed by atoms with Crippen molar-refractivity contribution >= 4 is 23.7 Å². The fraction of sp³-hybridized carbons (Fsp3) is 0.500. The maximum atomic E-state index is 12.5. The first-order valence-corrected chi connectivity index (χ1v) is 9.56. The summed E-state index contributed by atoms with van der Waals surface area (Å²) < 4.78 is 15.8. The van der Waals surface area contributed by atoms with Crippen LogP contribution in [0.5, 0.6) is 11.5 Å². The van der Waals surface area contributed by atoms with Crippen LogP contribution in [0.1, 0.15) is 43.5 Å². The molecule has 0 aromatic heterocycles. The van der Waals surface area contributed by atoms with Gasteiger partial charge in [0, 0.05) is 5.56 Å². The highest BCUT2D eigenvalue weighted by atomic mass is 16.6. The quantitative estimate of drug-likeness (QED) is 0.399. The van der Waals surface area contributed by atoms with Crippen LogP contribution in [0.2, 0.25) is 0 Å². The Morgan fingerprint density at radius 3 is 2.66 bits per heavy atom. The van der Waals surface area contributed by atoms with Gasteiger partial charge in [-0.1, -0.05) is 19.8 Å². The second kappa shape index (κ2) is 8.50. The molecule has 29 heavy (non-hydrogen) atoms. The summed E-state index contributed by atoms with van der Waals surface area (Å²) in [5, 5.41) is 2.63. The standard InChI is InChI=1S/C20H24N2O7/c1-3-4-7-20(2)18(25)22(19(26)21-20)11-17(24)29-12-14(23)13-5-6-15-16(10-13)28-9-8-27-15/h5-6,10H,3-4,7-9,11-12H2,1-2H3,(H,21,26)/t20-/m1/s1. The van der Waals surface area contributed by atoms with E-state index in [4.69, 9.17) is 14.2 Å². The van der Waals surface area contributed by atoms with Crippen LogP contribution in [0.4, 0.5) is 4.79 Å². The third kappa shape index (κ3) is 4.49. The molecule has 9 nitrogen and oxygen atoms in total. The van der Waals surface area contributed by atoms with Gasteiger partial charge < -0.3 is 19.5 Å². The summed E-state index contributed by atoms with van der Waals surface area (Å²) in [6, 6.07) is 4.07. The van der Waals surface area contributed by atoms with Gasteiger partial charge in [-0.3, -0.25) is 19.3 Å². The number of amides is 3. The van der Waals surface area contributed by atoms with Crippen LogP contribution in [-0.4, -0.2) is 60.5 Å². The van der Waals surface area contributed by atoms with Gasteiger partial charge in [0.05, 0.1) is 0 Å². The minimum absolute atomic E-state index is 0.309. The molecule has 0 bridgehead atoms. The number of carbonyl (C=O) groups is 4. The first-order chi connectivity index (χ1) is 13.8. The molecule has 0 radical (unpaired) electrons. The molecule has 156 valence electrons. The summed E-state index contributed by atoms with van der Waals surface area (Å²) >= 11 is 0. The number of carbonyl (C=O) groups excluding carboxylic acids is 4. The Labute approximate surface area is 168 Å². The number of fused-ring (bicyclic) bond motifs is 1. The number of nitrogens with one attached hydrogen (secondary N) is 1. The fourth-order valence-electron chi connectivity index (χ4n) is 3.21. The van der Waals surface area contributed by atoms with Gasteiger partial charge in [0.25, 0.3) is 5.91 Å². The molecule has 1 fully saturated rings. The van der Waals surface area contributed by atoms with Crippen molar-refractivity contribution in [3.05, 3.63) is 23.8 Å². The Bertz CT molecular complexity index is 838. The number of ketones is 1. The highest BCUT2D eigenvalue weighted by molar-refractivity contribution is 6.08. The van der Waals surface area contributed by atoms with Crippen LogP contribution in [0.25, 0.3) is 0 Å². The van der Waals surface area contributed by atoms with E-state index in [-0.39, 0.29) is 0 Å². The Hall–Kier alpha value is -3.10. The van der Waals surface area contributed by atoms with Crippen molar-refractivity contribution in [1.29, 1.82) is 0 Å². The number of imide groups is 1. The summed E-state index contributed by atoms with van der Waals surface area (Å²) in [6.45, 7) is 3.41. The van der Waals surface area contributed by atoms with E-state index < -0.39 is 42.4 Å². The van der Waals surface area contributed by atoms with E-state index in [0.717, 1.165) is 17.7 Å². The molecular weight excluding hydrogens is 380 g/mol. The molecule has 0 aliphatic carbocycles. The lowest BCUT2D eigenvalue weighted by Gasteiger charge is -2.21. The number of unbranched alkanes of at least 4 members (excludes halogenated alkanes) is 1. The Morgan fingerprint density at radius 1 is 1.21 bits per heavy atom. The number of Topliss-reactive ketones (excluding diaryl/α,β-unsaturated/α-hetero) is 1. The number of benzene rings is 1. The number of nitrogens with zero attached hydrogens (tertiary/aromatic N) is 1. The number of urea groups is 1. The van der Waals surface area contributed by atoms with E-state index in [1.807, 2.05) is 6.92 Å². The highest BCUT2D eigenvalue weighted by Crippen LogP contribution is 2.31. The molecule has 1 saturated heterocycles. The molecule has 1 aromatic rings.